The molecule has 0 amide bonds. The summed E-state index contributed by atoms with van der Waals surface area (Å²) in [6.07, 6.45) is 4.67. The minimum atomic E-state index is -0.831. The molecule has 0 saturated heterocycles. The van der Waals surface area contributed by atoms with Crippen molar-refractivity contribution in [2.45, 2.75) is 25.8 Å². The first-order valence-electron chi connectivity index (χ1n) is 6.18. The van der Waals surface area contributed by atoms with E-state index in [4.69, 9.17) is 5.73 Å². The van der Waals surface area contributed by atoms with Gasteiger partial charge in [-0.15, -0.1) is 0 Å². The second-order valence-electron chi connectivity index (χ2n) is 4.60. The first kappa shape index (κ1) is 13.6. The summed E-state index contributed by atoms with van der Waals surface area (Å²) >= 11 is 0. The number of halogens is 2. The quantitative estimate of drug-likeness (QED) is 0.918. The van der Waals surface area contributed by atoms with Gasteiger partial charge in [-0.1, -0.05) is 12.1 Å². The molecule has 1 aromatic heterocycles. The van der Waals surface area contributed by atoms with Crippen LogP contribution in [0.4, 0.5) is 8.78 Å². The predicted octanol–water partition coefficient (Wildman–Crippen LogP) is 3.30. The largest absolute Gasteiger partial charge is 0.324 e. The van der Waals surface area contributed by atoms with E-state index in [0.717, 1.165) is 5.56 Å². The number of aryl methyl sites for hydroxylation is 2. The van der Waals surface area contributed by atoms with E-state index < -0.39 is 17.7 Å². The minimum Gasteiger partial charge on any atom is -0.324 e. The Morgan fingerprint density at radius 3 is 2.47 bits per heavy atom. The van der Waals surface area contributed by atoms with Crippen LogP contribution in [0.2, 0.25) is 0 Å². The highest BCUT2D eigenvalue weighted by Crippen LogP contribution is 2.23. The van der Waals surface area contributed by atoms with Gasteiger partial charge in [-0.05, 0) is 43.0 Å². The van der Waals surface area contributed by atoms with Crippen molar-refractivity contribution < 1.29 is 8.78 Å². The Morgan fingerprint density at radius 1 is 1.11 bits per heavy atom. The molecule has 2 N–H and O–H groups in total. The van der Waals surface area contributed by atoms with Crippen LogP contribution in [0, 0.1) is 18.6 Å². The number of benzene rings is 1. The number of nitrogens with zero attached hydrogens (tertiary/aromatic N) is 1. The van der Waals surface area contributed by atoms with Crippen LogP contribution in [-0.4, -0.2) is 4.98 Å². The summed E-state index contributed by atoms with van der Waals surface area (Å²) in [5.41, 5.74) is 7.55. The zero-order chi connectivity index (χ0) is 13.8. The molecule has 1 unspecified atom stereocenters. The van der Waals surface area contributed by atoms with Gasteiger partial charge < -0.3 is 5.73 Å². The maximum atomic E-state index is 13.8. The highest BCUT2D eigenvalue weighted by molar-refractivity contribution is 5.28. The molecule has 0 spiro atoms. The topological polar surface area (TPSA) is 38.9 Å². The van der Waals surface area contributed by atoms with E-state index in [1.807, 2.05) is 12.1 Å². The molecular formula is C15H16F2N2. The van der Waals surface area contributed by atoms with Crippen molar-refractivity contribution in [3.63, 3.8) is 0 Å². The van der Waals surface area contributed by atoms with Crippen molar-refractivity contribution in [1.82, 2.24) is 4.98 Å². The number of rotatable bonds is 4. The summed E-state index contributed by atoms with van der Waals surface area (Å²) in [5, 5.41) is 0. The second kappa shape index (κ2) is 5.89. The van der Waals surface area contributed by atoms with Gasteiger partial charge in [0.2, 0.25) is 0 Å². The fourth-order valence-corrected chi connectivity index (χ4v) is 1.97. The van der Waals surface area contributed by atoms with Crippen LogP contribution in [0.15, 0.2) is 36.7 Å². The molecule has 0 aliphatic rings. The SMILES string of the molecule is Cc1ccc(C(N)CCc2ccncc2)c(F)c1F. The Hall–Kier alpha value is -1.81. The molecule has 2 nitrogen and oxygen atoms in total. The van der Waals surface area contributed by atoms with Crippen LogP contribution >= 0.6 is 0 Å². The number of nitrogens with two attached hydrogens (primary N) is 1. The summed E-state index contributed by atoms with van der Waals surface area (Å²) in [5.74, 6) is -1.64. The molecule has 0 aliphatic heterocycles. The van der Waals surface area contributed by atoms with Gasteiger partial charge in [0.05, 0.1) is 0 Å². The molecule has 0 aliphatic carbocycles. The number of aromatic nitrogens is 1. The number of hydrogen-bond donors (Lipinski definition) is 1. The smallest absolute Gasteiger partial charge is 0.163 e. The number of pyridine rings is 1. The molecule has 1 heterocycles. The maximum absolute atomic E-state index is 13.8. The third-order valence-corrected chi connectivity index (χ3v) is 3.20. The van der Waals surface area contributed by atoms with Gasteiger partial charge in [0.1, 0.15) is 0 Å². The highest BCUT2D eigenvalue weighted by atomic mass is 19.2. The van der Waals surface area contributed by atoms with Gasteiger partial charge in [0.15, 0.2) is 11.6 Å². The van der Waals surface area contributed by atoms with Crippen LogP contribution in [-0.2, 0) is 6.42 Å². The van der Waals surface area contributed by atoms with E-state index in [-0.39, 0.29) is 5.56 Å². The minimum absolute atomic E-state index is 0.233. The number of hydrogen-bond acceptors (Lipinski definition) is 2. The van der Waals surface area contributed by atoms with Crippen molar-refractivity contribution >= 4 is 0 Å². The first-order chi connectivity index (χ1) is 9.09. The van der Waals surface area contributed by atoms with Crippen molar-refractivity contribution in [2.75, 3.05) is 0 Å². The highest BCUT2D eigenvalue weighted by Gasteiger charge is 2.16. The van der Waals surface area contributed by atoms with E-state index in [9.17, 15) is 8.78 Å². The summed E-state index contributed by atoms with van der Waals surface area (Å²) < 4.78 is 27.2. The lowest BCUT2D eigenvalue weighted by Gasteiger charge is -2.14. The lowest BCUT2D eigenvalue weighted by molar-refractivity contribution is 0.479. The van der Waals surface area contributed by atoms with Crippen molar-refractivity contribution in [3.05, 3.63) is 65.0 Å². The average molecular weight is 262 g/mol. The van der Waals surface area contributed by atoms with E-state index in [0.29, 0.717) is 18.4 Å². The fourth-order valence-electron chi connectivity index (χ4n) is 1.97. The lowest BCUT2D eigenvalue weighted by Crippen LogP contribution is -2.14. The zero-order valence-corrected chi connectivity index (χ0v) is 10.7. The summed E-state index contributed by atoms with van der Waals surface area (Å²) in [6.45, 7) is 1.53. The van der Waals surface area contributed by atoms with Crippen LogP contribution in [0.3, 0.4) is 0 Å². The Bertz CT molecular complexity index is 556. The maximum Gasteiger partial charge on any atom is 0.163 e. The molecule has 100 valence electrons. The normalized spacial score (nSPS) is 12.4. The molecule has 1 aromatic carbocycles. The molecule has 0 fully saturated rings. The van der Waals surface area contributed by atoms with Gasteiger partial charge in [-0.2, -0.15) is 0 Å². The van der Waals surface area contributed by atoms with Gasteiger partial charge in [-0.25, -0.2) is 8.78 Å². The summed E-state index contributed by atoms with van der Waals surface area (Å²) in [4.78, 5) is 3.93. The van der Waals surface area contributed by atoms with Crippen molar-refractivity contribution in [3.8, 4) is 0 Å². The molecule has 0 radical (unpaired) electrons. The molecule has 0 bridgehead atoms. The average Bonchev–Trinajstić information content (AvgIpc) is 2.43. The van der Waals surface area contributed by atoms with Crippen LogP contribution < -0.4 is 5.73 Å². The molecule has 2 aromatic rings. The molecule has 4 heteroatoms. The van der Waals surface area contributed by atoms with E-state index >= 15 is 0 Å². The zero-order valence-electron chi connectivity index (χ0n) is 10.7. The van der Waals surface area contributed by atoms with E-state index in [2.05, 4.69) is 4.98 Å². The van der Waals surface area contributed by atoms with Crippen molar-refractivity contribution in [1.29, 1.82) is 0 Å². The van der Waals surface area contributed by atoms with Crippen LogP contribution in [0.25, 0.3) is 0 Å². The van der Waals surface area contributed by atoms with Gasteiger partial charge in [0.25, 0.3) is 0 Å². The Kier molecular flexibility index (Phi) is 4.22. The molecule has 2 rings (SSSR count). The molecule has 19 heavy (non-hydrogen) atoms. The third-order valence-electron chi connectivity index (χ3n) is 3.20. The van der Waals surface area contributed by atoms with Crippen molar-refractivity contribution in [2.24, 2.45) is 5.73 Å². The second-order valence-corrected chi connectivity index (χ2v) is 4.60. The van der Waals surface area contributed by atoms with Gasteiger partial charge in [-0.3, -0.25) is 4.98 Å². The Labute approximate surface area is 111 Å². The van der Waals surface area contributed by atoms with E-state index in [1.165, 1.54) is 6.92 Å². The monoisotopic (exact) mass is 262 g/mol. The standard InChI is InChI=1S/C15H16F2N2/c1-10-2-4-12(15(17)14(10)16)13(18)5-3-11-6-8-19-9-7-11/h2,4,6-9,13H,3,5,18H2,1H3. The lowest BCUT2D eigenvalue weighted by atomic mass is 9.98. The molecule has 0 saturated carbocycles. The summed E-state index contributed by atoms with van der Waals surface area (Å²) in [6, 6.07) is 6.38. The fraction of sp³-hybridized carbons (Fsp3) is 0.267. The predicted molar refractivity (Wildman–Crippen MR) is 70.6 cm³/mol. The van der Waals surface area contributed by atoms with Gasteiger partial charge >= 0.3 is 0 Å². The summed E-state index contributed by atoms with van der Waals surface area (Å²) in [7, 11) is 0. The van der Waals surface area contributed by atoms with Gasteiger partial charge in [0, 0.05) is 24.0 Å². The first-order valence-corrected chi connectivity index (χ1v) is 6.18. The van der Waals surface area contributed by atoms with Crippen LogP contribution in [0.1, 0.15) is 29.2 Å². The van der Waals surface area contributed by atoms with E-state index in [1.54, 1.807) is 24.5 Å². The Balaban J connectivity index is 2.08. The Morgan fingerprint density at radius 2 is 1.79 bits per heavy atom. The molecule has 1 atom stereocenters. The van der Waals surface area contributed by atoms with Crippen LogP contribution in [0.5, 0.6) is 0 Å². The molecular weight excluding hydrogens is 246 g/mol. The third kappa shape index (κ3) is 3.15.